The van der Waals surface area contributed by atoms with Gasteiger partial charge in [-0.25, -0.2) is 0 Å². The van der Waals surface area contributed by atoms with Crippen LogP contribution in [-0.4, -0.2) is 61.9 Å². The highest BCUT2D eigenvalue weighted by Crippen LogP contribution is 2.16. The van der Waals surface area contributed by atoms with Crippen molar-refractivity contribution in [2.75, 3.05) is 33.4 Å². The molecule has 0 bridgehead atoms. The van der Waals surface area contributed by atoms with E-state index in [4.69, 9.17) is 9.47 Å². The predicted octanol–water partition coefficient (Wildman–Crippen LogP) is 1.81. The number of hydrogen-bond acceptors (Lipinski definition) is 5. The lowest BCUT2D eigenvalue weighted by Gasteiger charge is -2.36. The van der Waals surface area contributed by atoms with Crippen molar-refractivity contribution in [3.63, 3.8) is 0 Å². The van der Waals surface area contributed by atoms with Gasteiger partial charge in [-0.05, 0) is 54.0 Å². The first kappa shape index (κ1) is 18.4. The fourth-order valence-electron chi connectivity index (χ4n) is 3.00. The Balaban J connectivity index is 2.59. The first-order valence-electron chi connectivity index (χ1n) is 8.12. The molecule has 0 amide bonds. The highest BCUT2D eigenvalue weighted by Gasteiger charge is 2.36. The van der Waals surface area contributed by atoms with E-state index < -0.39 is 5.54 Å². The van der Waals surface area contributed by atoms with E-state index in [9.17, 15) is 4.79 Å². The molecule has 0 spiro atoms. The second-order valence-corrected chi connectivity index (χ2v) is 6.54. The molecular formula is C16H32N2O3. The molecule has 0 aromatic heterocycles. The van der Waals surface area contributed by atoms with Crippen LogP contribution in [0.25, 0.3) is 0 Å². The molecule has 1 fully saturated rings. The van der Waals surface area contributed by atoms with Crippen LogP contribution in [0.2, 0.25) is 0 Å². The maximum Gasteiger partial charge on any atom is 0.327 e. The van der Waals surface area contributed by atoms with Gasteiger partial charge in [0.1, 0.15) is 5.54 Å². The lowest BCUT2D eigenvalue weighted by Crippen LogP contribution is -2.59. The first-order valence-corrected chi connectivity index (χ1v) is 8.12. The summed E-state index contributed by atoms with van der Waals surface area (Å²) >= 11 is 0. The van der Waals surface area contributed by atoms with Crippen molar-refractivity contribution in [1.29, 1.82) is 0 Å². The third-order valence-electron chi connectivity index (χ3n) is 3.71. The Labute approximate surface area is 129 Å². The largest absolute Gasteiger partial charge is 0.465 e. The summed E-state index contributed by atoms with van der Waals surface area (Å²) in [4.78, 5) is 14.5. The third-order valence-corrected chi connectivity index (χ3v) is 3.71. The molecule has 0 aromatic rings. The zero-order valence-electron chi connectivity index (χ0n) is 14.3. The SMILES string of the molecule is CCOC(=O)C(C)(CN(C)CC1CCCCO1)NC(C)C. The summed E-state index contributed by atoms with van der Waals surface area (Å²) in [6.45, 7) is 10.6. The van der Waals surface area contributed by atoms with E-state index in [0.29, 0.717) is 13.2 Å². The smallest absolute Gasteiger partial charge is 0.327 e. The Hall–Kier alpha value is -0.650. The minimum absolute atomic E-state index is 0.185. The number of ether oxygens (including phenoxy) is 2. The van der Waals surface area contributed by atoms with Crippen LogP contribution in [0.5, 0.6) is 0 Å². The highest BCUT2D eigenvalue weighted by molar-refractivity contribution is 5.80. The molecule has 5 nitrogen and oxygen atoms in total. The third kappa shape index (κ3) is 6.32. The van der Waals surface area contributed by atoms with Gasteiger partial charge in [0.15, 0.2) is 0 Å². The summed E-state index contributed by atoms with van der Waals surface area (Å²) in [7, 11) is 2.04. The van der Waals surface area contributed by atoms with Gasteiger partial charge in [0.25, 0.3) is 0 Å². The molecule has 1 aliphatic rings. The second kappa shape index (κ2) is 8.71. The van der Waals surface area contributed by atoms with E-state index >= 15 is 0 Å². The highest BCUT2D eigenvalue weighted by atomic mass is 16.5. The lowest BCUT2D eigenvalue weighted by molar-refractivity contribution is -0.151. The van der Waals surface area contributed by atoms with Crippen LogP contribution >= 0.6 is 0 Å². The van der Waals surface area contributed by atoms with Gasteiger partial charge in [-0.2, -0.15) is 0 Å². The van der Waals surface area contributed by atoms with Crippen molar-refractivity contribution < 1.29 is 14.3 Å². The number of nitrogens with zero attached hydrogens (tertiary/aromatic N) is 1. The standard InChI is InChI=1S/C16H32N2O3/c1-6-20-15(19)16(4,17-13(2)3)12-18(5)11-14-9-7-8-10-21-14/h13-14,17H,6-12H2,1-5H3. The van der Waals surface area contributed by atoms with Crippen LogP contribution in [0, 0.1) is 0 Å². The predicted molar refractivity (Wildman–Crippen MR) is 84.4 cm³/mol. The van der Waals surface area contributed by atoms with Gasteiger partial charge in [-0.15, -0.1) is 0 Å². The van der Waals surface area contributed by atoms with Gasteiger partial charge >= 0.3 is 5.97 Å². The average molecular weight is 300 g/mol. The fraction of sp³-hybridized carbons (Fsp3) is 0.938. The maximum absolute atomic E-state index is 12.3. The van der Waals surface area contributed by atoms with Crippen molar-refractivity contribution in [3.8, 4) is 0 Å². The van der Waals surface area contributed by atoms with E-state index in [-0.39, 0.29) is 18.1 Å². The van der Waals surface area contributed by atoms with Crippen LogP contribution < -0.4 is 5.32 Å². The molecule has 21 heavy (non-hydrogen) atoms. The molecule has 0 radical (unpaired) electrons. The molecule has 1 saturated heterocycles. The van der Waals surface area contributed by atoms with Crippen molar-refractivity contribution in [2.24, 2.45) is 0 Å². The van der Waals surface area contributed by atoms with E-state index in [0.717, 1.165) is 26.0 Å². The number of likely N-dealkylation sites (N-methyl/N-ethyl adjacent to an activating group) is 1. The van der Waals surface area contributed by atoms with Gasteiger partial charge in [0.2, 0.25) is 0 Å². The van der Waals surface area contributed by atoms with E-state index in [2.05, 4.69) is 10.2 Å². The van der Waals surface area contributed by atoms with Crippen LogP contribution in [0.1, 0.15) is 47.0 Å². The monoisotopic (exact) mass is 300 g/mol. The summed E-state index contributed by atoms with van der Waals surface area (Å²) in [5.74, 6) is -0.185. The average Bonchev–Trinajstić information content (AvgIpc) is 2.38. The maximum atomic E-state index is 12.3. The zero-order valence-corrected chi connectivity index (χ0v) is 14.3. The van der Waals surface area contributed by atoms with Crippen molar-refractivity contribution in [2.45, 2.75) is 64.6 Å². The molecule has 0 aromatic carbocycles. The molecule has 5 heteroatoms. The number of esters is 1. The minimum atomic E-state index is -0.687. The molecule has 124 valence electrons. The van der Waals surface area contributed by atoms with Crippen molar-refractivity contribution in [1.82, 2.24) is 10.2 Å². The molecular weight excluding hydrogens is 268 g/mol. The Morgan fingerprint density at radius 2 is 2.19 bits per heavy atom. The number of rotatable bonds is 8. The van der Waals surface area contributed by atoms with Crippen LogP contribution in [-0.2, 0) is 14.3 Å². The molecule has 0 saturated carbocycles. The van der Waals surface area contributed by atoms with Gasteiger partial charge in [-0.3, -0.25) is 10.1 Å². The quantitative estimate of drug-likeness (QED) is 0.693. The molecule has 2 unspecified atom stereocenters. The first-order chi connectivity index (χ1) is 9.87. The lowest BCUT2D eigenvalue weighted by atomic mass is 10.00. The van der Waals surface area contributed by atoms with Gasteiger partial charge in [0.05, 0.1) is 12.7 Å². The Kier molecular flexibility index (Phi) is 7.63. The summed E-state index contributed by atoms with van der Waals surface area (Å²) in [5.41, 5.74) is -0.687. The fourth-order valence-corrected chi connectivity index (χ4v) is 3.00. The molecule has 1 N–H and O–H groups in total. The van der Waals surface area contributed by atoms with Gasteiger partial charge < -0.3 is 14.4 Å². The topological polar surface area (TPSA) is 50.8 Å². The Morgan fingerprint density at radius 1 is 1.48 bits per heavy atom. The number of carbonyl (C=O) groups excluding carboxylic acids is 1. The van der Waals surface area contributed by atoms with E-state index in [1.165, 1.54) is 6.42 Å². The van der Waals surface area contributed by atoms with E-state index in [1.807, 2.05) is 34.7 Å². The summed E-state index contributed by atoms with van der Waals surface area (Å²) < 4.78 is 11.0. The molecule has 1 rings (SSSR count). The molecule has 1 aliphatic heterocycles. The van der Waals surface area contributed by atoms with Gasteiger partial charge in [0, 0.05) is 25.7 Å². The van der Waals surface area contributed by atoms with Crippen LogP contribution in [0.3, 0.4) is 0 Å². The number of carbonyl (C=O) groups is 1. The molecule has 1 heterocycles. The number of hydrogen-bond donors (Lipinski definition) is 1. The van der Waals surface area contributed by atoms with E-state index in [1.54, 1.807) is 0 Å². The second-order valence-electron chi connectivity index (χ2n) is 6.54. The molecule has 0 aliphatic carbocycles. The zero-order chi connectivity index (χ0) is 15.9. The van der Waals surface area contributed by atoms with Crippen molar-refractivity contribution >= 4 is 5.97 Å². The number of nitrogens with one attached hydrogen (secondary N) is 1. The Morgan fingerprint density at radius 3 is 2.71 bits per heavy atom. The van der Waals surface area contributed by atoms with Crippen molar-refractivity contribution in [3.05, 3.63) is 0 Å². The summed E-state index contributed by atoms with van der Waals surface area (Å²) in [6, 6.07) is 0.221. The summed E-state index contributed by atoms with van der Waals surface area (Å²) in [5, 5.41) is 3.35. The normalized spacial score (nSPS) is 22.3. The summed E-state index contributed by atoms with van der Waals surface area (Å²) in [6.07, 6.45) is 3.79. The molecule has 2 atom stereocenters. The Bertz CT molecular complexity index is 317. The minimum Gasteiger partial charge on any atom is -0.465 e. The van der Waals surface area contributed by atoms with Crippen LogP contribution in [0.4, 0.5) is 0 Å². The van der Waals surface area contributed by atoms with Crippen LogP contribution in [0.15, 0.2) is 0 Å². The van der Waals surface area contributed by atoms with Gasteiger partial charge in [-0.1, -0.05) is 0 Å².